The summed E-state index contributed by atoms with van der Waals surface area (Å²) in [6, 6.07) is 0. The van der Waals surface area contributed by atoms with Crippen LogP contribution in [0.4, 0.5) is 0 Å². The Morgan fingerprint density at radius 1 is 0.739 bits per heavy atom. The molecule has 2 N–H and O–H groups in total. The van der Waals surface area contributed by atoms with E-state index in [9.17, 15) is 5.11 Å². The second-order valence-corrected chi connectivity index (χ2v) is 16.4. The molecular weight excluding hydrogens is 576 g/mol. The first-order valence-electron chi connectivity index (χ1n) is 19.3. The first kappa shape index (κ1) is 40.1. The minimum atomic E-state index is -0.358. The molecule has 3 aliphatic heterocycles. The van der Waals surface area contributed by atoms with Crippen molar-refractivity contribution < 1.29 is 19.3 Å². The molecule has 0 aromatic carbocycles. The molecule has 8 nitrogen and oxygen atoms in total. The van der Waals surface area contributed by atoms with Gasteiger partial charge in [-0.05, 0) is 114 Å². The van der Waals surface area contributed by atoms with Gasteiger partial charge in [0.25, 0.3) is 0 Å². The first-order valence-corrected chi connectivity index (χ1v) is 19.3. The number of likely N-dealkylation sites (N-methyl/N-ethyl adjacent to an activating group) is 2. The Morgan fingerprint density at radius 3 is 1.93 bits per heavy atom. The Bertz CT molecular complexity index is 776. The van der Waals surface area contributed by atoms with Crippen LogP contribution in [0.15, 0.2) is 0 Å². The molecule has 2 saturated carbocycles. The molecule has 3 saturated heterocycles. The Kier molecular flexibility index (Phi) is 18.9. The van der Waals surface area contributed by atoms with Crippen molar-refractivity contribution >= 4 is 0 Å². The number of rotatable bonds is 10. The quantitative estimate of drug-likeness (QED) is 0.311. The summed E-state index contributed by atoms with van der Waals surface area (Å²) in [5.74, 6) is 4.44. The van der Waals surface area contributed by atoms with Gasteiger partial charge in [-0.25, -0.2) is 0 Å². The van der Waals surface area contributed by atoms with Gasteiger partial charge in [-0.2, -0.15) is 0 Å². The van der Waals surface area contributed by atoms with E-state index in [-0.39, 0.29) is 6.10 Å². The van der Waals surface area contributed by atoms with E-state index >= 15 is 0 Å². The zero-order valence-corrected chi connectivity index (χ0v) is 31.4. The highest BCUT2D eigenvalue weighted by molar-refractivity contribution is 4.83. The number of aliphatic hydroxyl groups excluding tert-OH is 1. The molecule has 8 unspecified atom stereocenters. The summed E-state index contributed by atoms with van der Waals surface area (Å²) in [6.07, 6.45) is 11.1. The highest BCUT2D eigenvalue weighted by atomic mass is 16.6. The Labute approximate surface area is 284 Å². The number of aliphatic hydroxyl groups is 1. The molecule has 8 atom stereocenters. The van der Waals surface area contributed by atoms with Crippen LogP contribution >= 0.6 is 0 Å². The maximum absolute atomic E-state index is 10.4. The molecule has 8 heteroatoms. The van der Waals surface area contributed by atoms with Crippen molar-refractivity contribution in [3.8, 4) is 0 Å². The van der Waals surface area contributed by atoms with Gasteiger partial charge in [-0.3, -0.25) is 4.90 Å². The standard InChI is InChI=1S/C19H38N2O2.C13H24O2.C6H14N2/c1-15(2)18-7-6-16(3)12-19(18)23-14-17(22)13-21-9-5-8-20(4)10-11-21;1-9(2)12-5-4-10(3)6-13(12)15-8-11-7-14-11;1-8-5-2-3-7-4-6-8/h15-19,22H,5-14H2,1-4H3;9-13H,4-8H2,1-3H3;7H,2-6H2,1H3. The van der Waals surface area contributed by atoms with Gasteiger partial charge in [0.15, 0.2) is 0 Å². The van der Waals surface area contributed by atoms with Crippen molar-refractivity contribution in [3.63, 3.8) is 0 Å². The lowest BCUT2D eigenvalue weighted by molar-refractivity contribution is -0.0737. The highest BCUT2D eigenvalue weighted by Gasteiger charge is 2.34. The molecule has 0 bridgehead atoms. The number of hydrogen-bond donors (Lipinski definition) is 2. The number of nitrogens with zero attached hydrogens (tertiary/aromatic N) is 3. The van der Waals surface area contributed by atoms with E-state index in [1.54, 1.807) is 0 Å². The number of β-amino-alcohol motifs (C(OH)–C–C–N with tert-alkyl or cyclic N) is 1. The number of epoxide rings is 1. The predicted octanol–water partition coefficient (Wildman–Crippen LogP) is 5.24. The third kappa shape index (κ3) is 15.9. The van der Waals surface area contributed by atoms with Crippen LogP contribution < -0.4 is 5.32 Å². The molecule has 0 aromatic heterocycles. The Hall–Kier alpha value is -0.320. The second-order valence-electron chi connectivity index (χ2n) is 16.4. The summed E-state index contributed by atoms with van der Waals surface area (Å²) in [5.41, 5.74) is 0. The van der Waals surface area contributed by atoms with Crippen molar-refractivity contribution in [2.75, 3.05) is 92.8 Å². The average Bonchev–Trinajstić information content (AvgIpc) is 3.87. The minimum Gasteiger partial charge on any atom is -0.389 e. The van der Waals surface area contributed by atoms with Gasteiger partial charge in [-0.1, -0.05) is 54.4 Å². The summed E-state index contributed by atoms with van der Waals surface area (Å²) < 4.78 is 17.4. The number of hydrogen-bond acceptors (Lipinski definition) is 8. The van der Waals surface area contributed by atoms with E-state index in [0.29, 0.717) is 36.8 Å². The molecule has 5 aliphatic rings. The van der Waals surface area contributed by atoms with Gasteiger partial charge in [0.05, 0.1) is 38.1 Å². The van der Waals surface area contributed by atoms with Gasteiger partial charge in [0.1, 0.15) is 6.10 Å². The average molecular weight is 653 g/mol. The normalized spacial score (nSPS) is 34.1. The molecule has 272 valence electrons. The van der Waals surface area contributed by atoms with Gasteiger partial charge in [0, 0.05) is 32.7 Å². The Balaban J connectivity index is 0.000000212. The smallest absolute Gasteiger partial charge is 0.104 e. The maximum atomic E-state index is 10.4. The van der Waals surface area contributed by atoms with Gasteiger partial charge >= 0.3 is 0 Å². The summed E-state index contributed by atoms with van der Waals surface area (Å²) in [6.45, 7) is 26.2. The molecule has 5 fully saturated rings. The topological polar surface area (TPSA) is 73.0 Å². The largest absolute Gasteiger partial charge is 0.389 e. The molecule has 0 aromatic rings. The van der Waals surface area contributed by atoms with Crippen molar-refractivity contribution in [3.05, 3.63) is 0 Å². The molecular formula is C38H76N4O4. The maximum Gasteiger partial charge on any atom is 0.104 e. The number of ether oxygens (including phenoxy) is 3. The summed E-state index contributed by atoms with van der Waals surface area (Å²) in [7, 11) is 4.35. The minimum absolute atomic E-state index is 0.337. The van der Waals surface area contributed by atoms with Crippen molar-refractivity contribution in [2.45, 2.75) is 117 Å². The van der Waals surface area contributed by atoms with Crippen LogP contribution in [-0.4, -0.2) is 137 Å². The summed E-state index contributed by atoms with van der Waals surface area (Å²) >= 11 is 0. The molecule has 5 rings (SSSR count). The van der Waals surface area contributed by atoms with Crippen LogP contribution in [0.3, 0.4) is 0 Å². The third-order valence-corrected chi connectivity index (χ3v) is 11.2. The summed E-state index contributed by atoms with van der Waals surface area (Å²) in [5, 5.41) is 13.7. The fraction of sp³-hybridized carbons (Fsp3) is 1.00. The van der Waals surface area contributed by atoms with E-state index < -0.39 is 0 Å². The number of nitrogens with one attached hydrogen (secondary N) is 1. The molecule has 0 amide bonds. The fourth-order valence-corrected chi connectivity index (χ4v) is 7.86. The monoisotopic (exact) mass is 653 g/mol. The van der Waals surface area contributed by atoms with Crippen LogP contribution in [0.2, 0.25) is 0 Å². The van der Waals surface area contributed by atoms with E-state index in [4.69, 9.17) is 14.2 Å². The Morgan fingerprint density at radius 2 is 1.33 bits per heavy atom. The van der Waals surface area contributed by atoms with Gasteiger partial charge in [0.2, 0.25) is 0 Å². The van der Waals surface area contributed by atoms with Crippen LogP contribution in [-0.2, 0) is 14.2 Å². The SMILES string of the molecule is CC1CCC(C(C)C)C(OCC(O)CN2CCCN(C)CC2)C1.CC1CCC(C(C)C)C(OCC2CO2)C1.CN1CCCNCC1. The first-order chi connectivity index (χ1) is 22.0. The van der Waals surface area contributed by atoms with Gasteiger partial charge < -0.3 is 34.4 Å². The molecule has 3 heterocycles. The van der Waals surface area contributed by atoms with Crippen molar-refractivity contribution in [1.29, 1.82) is 0 Å². The second kappa shape index (κ2) is 21.7. The van der Waals surface area contributed by atoms with E-state index in [1.165, 1.54) is 71.1 Å². The molecule has 2 aliphatic carbocycles. The fourth-order valence-electron chi connectivity index (χ4n) is 7.86. The lowest BCUT2D eigenvalue weighted by Gasteiger charge is -2.37. The third-order valence-electron chi connectivity index (χ3n) is 11.2. The van der Waals surface area contributed by atoms with Crippen LogP contribution in [0.1, 0.15) is 92.9 Å². The van der Waals surface area contributed by atoms with Crippen molar-refractivity contribution in [1.82, 2.24) is 20.0 Å². The van der Waals surface area contributed by atoms with Crippen molar-refractivity contribution in [2.24, 2.45) is 35.5 Å². The van der Waals surface area contributed by atoms with Crippen LogP contribution in [0.25, 0.3) is 0 Å². The molecule has 0 radical (unpaired) electrons. The lowest BCUT2D eigenvalue weighted by atomic mass is 9.75. The summed E-state index contributed by atoms with van der Waals surface area (Å²) in [4.78, 5) is 7.13. The zero-order chi connectivity index (χ0) is 33.5. The molecule has 46 heavy (non-hydrogen) atoms. The van der Waals surface area contributed by atoms with Crippen LogP contribution in [0.5, 0.6) is 0 Å². The van der Waals surface area contributed by atoms with Crippen LogP contribution in [0, 0.1) is 35.5 Å². The van der Waals surface area contributed by atoms with Gasteiger partial charge in [-0.15, -0.1) is 0 Å². The predicted molar refractivity (Wildman–Crippen MR) is 191 cm³/mol. The van der Waals surface area contributed by atoms with E-state index in [2.05, 4.69) is 75.7 Å². The molecule has 0 spiro atoms. The zero-order valence-electron chi connectivity index (χ0n) is 31.4. The van der Waals surface area contributed by atoms with E-state index in [1.807, 2.05) is 0 Å². The lowest BCUT2D eigenvalue weighted by Crippen LogP contribution is -2.40. The highest BCUT2D eigenvalue weighted by Crippen LogP contribution is 2.36. The van der Waals surface area contributed by atoms with E-state index in [0.717, 1.165) is 76.0 Å².